The Bertz CT molecular complexity index is 457. The Labute approximate surface area is 126 Å². The molecule has 1 aromatic rings. The molecule has 0 saturated carbocycles. The number of esters is 1. The van der Waals surface area contributed by atoms with E-state index in [9.17, 15) is 9.59 Å². The molecule has 0 saturated heterocycles. The van der Waals surface area contributed by atoms with Crippen molar-refractivity contribution in [2.24, 2.45) is 0 Å². The Morgan fingerprint density at radius 1 is 1.30 bits per heavy atom. The van der Waals surface area contributed by atoms with Gasteiger partial charge in [-0.1, -0.05) is 23.2 Å². The third kappa shape index (κ3) is 4.70. The molecule has 112 valence electrons. The lowest BCUT2D eigenvalue weighted by atomic mass is 10.3. The zero-order valence-corrected chi connectivity index (χ0v) is 12.8. The molecule has 0 aliphatic carbocycles. The van der Waals surface area contributed by atoms with E-state index in [1.807, 2.05) is 0 Å². The number of aromatic nitrogens is 1. The normalized spacial score (nSPS) is 10.4. The maximum Gasteiger partial charge on any atom is 0.307 e. The van der Waals surface area contributed by atoms with E-state index in [-0.39, 0.29) is 40.7 Å². The van der Waals surface area contributed by atoms with Gasteiger partial charge >= 0.3 is 5.97 Å². The first kappa shape index (κ1) is 16.8. The molecule has 1 heterocycles. The van der Waals surface area contributed by atoms with Crippen LogP contribution < -0.4 is 0 Å². The lowest BCUT2D eigenvalue weighted by molar-refractivity contribution is -0.140. The fourth-order valence-corrected chi connectivity index (χ4v) is 1.85. The minimum atomic E-state index is -0.386. The van der Waals surface area contributed by atoms with Crippen molar-refractivity contribution >= 4 is 35.1 Å². The molecule has 20 heavy (non-hydrogen) atoms. The lowest BCUT2D eigenvalue weighted by Crippen LogP contribution is -2.36. The summed E-state index contributed by atoms with van der Waals surface area (Å²) in [5.74, 6) is -0.692. The van der Waals surface area contributed by atoms with Gasteiger partial charge in [0.25, 0.3) is 5.91 Å². The van der Waals surface area contributed by atoms with Crippen LogP contribution in [0.1, 0.15) is 16.9 Å². The van der Waals surface area contributed by atoms with Crippen molar-refractivity contribution in [2.45, 2.75) is 6.42 Å². The van der Waals surface area contributed by atoms with Crippen molar-refractivity contribution in [1.29, 1.82) is 0 Å². The second-order valence-corrected chi connectivity index (χ2v) is 4.74. The predicted molar refractivity (Wildman–Crippen MR) is 75.2 cm³/mol. The van der Waals surface area contributed by atoms with E-state index in [0.717, 1.165) is 0 Å². The Kier molecular flexibility index (Phi) is 6.84. The van der Waals surface area contributed by atoms with Crippen LogP contribution in [0.25, 0.3) is 0 Å². The highest BCUT2D eigenvalue weighted by Crippen LogP contribution is 2.22. The molecule has 0 atom stereocenters. The summed E-state index contributed by atoms with van der Waals surface area (Å²) in [5.41, 5.74) is 0.265. The van der Waals surface area contributed by atoms with E-state index < -0.39 is 0 Å². The fourth-order valence-electron chi connectivity index (χ4n) is 1.53. The summed E-state index contributed by atoms with van der Waals surface area (Å²) >= 11 is 11.6. The van der Waals surface area contributed by atoms with Crippen LogP contribution in [-0.4, -0.2) is 55.7 Å². The van der Waals surface area contributed by atoms with Crippen LogP contribution in [-0.2, 0) is 14.3 Å². The van der Waals surface area contributed by atoms with Crippen LogP contribution in [0.4, 0.5) is 0 Å². The fraction of sp³-hybridized carbons (Fsp3) is 0.500. The number of ether oxygens (including phenoxy) is 2. The highest BCUT2D eigenvalue weighted by atomic mass is 35.5. The quantitative estimate of drug-likeness (QED) is 0.779. The number of aromatic amines is 1. The maximum atomic E-state index is 12.3. The topological polar surface area (TPSA) is 71.6 Å². The number of nitrogens with zero attached hydrogens (tertiary/aromatic N) is 1. The number of hydrogen-bond donors (Lipinski definition) is 1. The number of carbonyl (C=O) groups excluding carboxylic acids is 2. The molecule has 1 amide bonds. The second kappa shape index (κ2) is 8.14. The summed E-state index contributed by atoms with van der Waals surface area (Å²) in [6.45, 7) is 0.929. The smallest absolute Gasteiger partial charge is 0.307 e. The SMILES string of the molecule is COCCN(CCC(=O)OC)C(=O)c1cc(Cl)c(Cl)[nH]1. The average Bonchev–Trinajstić information content (AvgIpc) is 2.77. The van der Waals surface area contributed by atoms with E-state index in [0.29, 0.717) is 13.2 Å². The Morgan fingerprint density at radius 3 is 2.50 bits per heavy atom. The number of hydrogen-bond acceptors (Lipinski definition) is 4. The molecule has 1 rings (SSSR count). The zero-order chi connectivity index (χ0) is 15.1. The molecule has 8 heteroatoms. The van der Waals surface area contributed by atoms with Crippen molar-refractivity contribution in [1.82, 2.24) is 9.88 Å². The van der Waals surface area contributed by atoms with Crippen LogP contribution in [0.2, 0.25) is 10.2 Å². The molecule has 0 aromatic carbocycles. The first-order valence-electron chi connectivity index (χ1n) is 5.88. The van der Waals surface area contributed by atoms with Gasteiger partial charge in [-0.3, -0.25) is 9.59 Å². The molecule has 1 N–H and O–H groups in total. The number of H-pyrrole nitrogens is 1. The number of halogens is 2. The number of amides is 1. The minimum absolute atomic E-state index is 0.105. The van der Waals surface area contributed by atoms with Crippen molar-refractivity contribution < 1.29 is 19.1 Å². The maximum absolute atomic E-state index is 12.3. The first-order valence-corrected chi connectivity index (χ1v) is 6.64. The van der Waals surface area contributed by atoms with Crippen molar-refractivity contribution in [3.63, 3.8) is 0 Å². The van der Waals surface area contributed by atoms with Crippen molar-refractivity contribution in [3.05, 3.63) is 21.9 Å². The Hall–Kier alpha value is -1.24. The molecule has 0 bridgehead atoms. The lowest BCUT2D eigenvalue weighted by Gasteiger charge is -2.21. The molecule has 0 aliphatic heterocycles. The van der Waals surface area contributed by atoms with Gasteiger partial charge in [-0.15, -0.1) is 0 Å². The van der Waals surface area contributed by atoms with Gasteiger partial charge in [0.05, 0.1) is 25.2 Å². The standard InChI is InChI=1S/C12H16Cl2N2O4/c1-19-6-5-16(4-3-10(17)20-2)12(18)9-7-8(13)11(14)15-9/h7,15H,3-6H2,1-2H3. The summed E-state index contributed by atoms with van der Waals surface area (Å²) in [6.07, 6.45) is 0.105. The highest BCUT2D eigenvalue weighted by Gasteiger charge is 2.19. The minimum Gasteiger partial charge on any atom is -0.469 e. The van der Waals surface area contributed by atoms with E-state index in [2.05, 4.69) is 9.72 Å². The largest absolute Gasteiger partial charge is 0.469 e. The molecular formula is C12H16Cl2N2O4. The second-order valence-electron chi connectivity index (χ2n) is 3.96. The first-order chi connectivity index (χ1) is 9.49. The van der Waals surface area contributed by atoms with Gasteiger partial charge in [0.2, 0.25) is 0 Å². The monoisotopic (exact) mass is 322 g/mol. The Balaban J connectivity index is 2.75. The van der Waals surface area contributed by atoms with Crippen LogP contribution in [0.5, 0.6) is 0 Å². The number of methoxy groups -OCH3 is 2. The molecular weight excluding hydrogens is 307 g/mol. The highest BCUT2D eigenvalue weighted by molar-refractivity contribution is 6.41. The van der Waals surface area contributed by atoms with Gasteiger partial charge in [-0.2, -0.15) is 0 Å². The van der Waals surface area contributed by atoms with Crippen molar-refractivity contribution in [2.75, 3.05) is 33.9 Å². The summed E-state index contributed by atoms with van der Waals surface area (Å²) < 4.78 is 9.50. The van der Waals surface area contributed by atoms with Crippen LogP contribution in [0, 0.1) is 0 Å². The molecule has 0 unspecified atom stereocenters. The molecule has 0 radical (unpaired) electrons. The van der Waals surface area contributed by atoms with Gasteiger partial charge in [0.1, 0.15) is 10.8 Å². The number of carbonyl (C=O) groups is 2. The van der Waals surface area contributed by atoms with Crippen LogP contribution in [0.15, 0.2) is 6.07 Å². The van der Waals surface area contributed by atoms with Crippen LogP contribution >= 0.6 is 23.2 Å². The predicted octanol–water partition coefficient (Wildman–Crippen LogP) is 1.97. The molecule has 0 fully saturated rings. The van der Waals surface area contributed by atoms with Gasteiger partial charge in [0, 0.05) is 20.2 Å². The third-order valence-corrected chi connectivity index (χ3v) is 3.31. The van der Waals surface area contributed by atoms with E-state index in [4.69, 9.17) is 27.9 Å². The van der Waals surface area contributed by atoms with E-state index >= 15 is 0 Å². The van der Waals surface area contributed by atoms with Crippen molar-refractivity contribution in [3.8, 4) is 0 Å². The summed E-state index contributed by atoms with van der Waals surface area (Å²) in [6, 6.07) is 1.45. The van der Waals surface area contributed by atoms with E-state index in [1.54, 1.807) is 0 Å². The van der Waals surface area contributed by atoms with E-state index in [1.165, 1.54) is 25.2 Å². The average molecular weight is 323 g/mol. The van der Waals surface area contributed by atoms with Gasteiger partial charge < -0.3 is 19.4 Å². The summed E-state index contributed by atoms with van der Waals surface area (Å²) in [4.78, 5) is 27.6. The van der Waals surface area contributed by atoms with Crippen LogP contribution in [0.3, 0.4) is 0 Å². The third-order valence-electron chi connectivity index (χ3n) is 2.62. The summed E-state index contributed by atoms with van der Waals surface area (Å²) in [7, 11) is 2.83. The molecule has 1 aromatic heterocycles. The zero-order valence-electron chi connectivity index (χ0n) is 11.2. The Morgan fingerprint density at radius 2 is 2.00 bits per heavy atom. The number of rotatable bonds is 7. The molecule has 0 aliphatic rings. The van der Waals surface area contributed by atoms with Gasteiger partial charge in [-0.05, 0) is 6.07 Å². The van der Waals surface area contributed by atoms with Gasteiger partial charge in [0.15, 0.2) is 0 Å². The number of nitrogens with one attached hydrogen (secondary N) is 1. The summed E-state index contributed by atoms with van der Waals surface area (Å²) in [5, 5.41) is 0.476. The van der Waals surface area contributed by atoms with Gasteiger partial charge in [-0.25, -0.2) is 0 Å². The molecule has 0 spiro atoms. The molecule has 6 nitrogen and oxygen atoms in total.